The van der Waals surface area contributed by atoms with Crippen LogP contribution in [0.25, 0.3) is 0 Å². The fraction of sp³-hybridized carbons (Fsp3) is 0.0769. The first-order chi connectivity index (χ1) is 8.13. The minimum Gasteiger partial charge on any atom is -0.508 e. The van der Waals surface area contributed by atoms with E-state index in [4.69, 9.17) is 5.11 Å². The third-order valence-electron chi connectivity index (χ3n) is 1.83. The van der Waals surface area contributed by atoms with E-state index in [0.29, 0.717) is 0 Å². The number of ether oxygens (including phenoxy) is 1. The van der Waals surface area contributed by atoms with Crippen LogP contribution in [-0.4, -0.2) is 17.0 Å². The van der Waals surface area contributed by atoms with Gasteiger partial charge in [-0.2, -0.15) is 0 Å². The molecule has 0 fully saturated rings. The molecule has 0 aromatic heterocycles. The molecular formula is C13H12O4. The van der Waals surface area contributed by atoms with E-state index in [9.17, 15) is 9.59 Å². The van der Waals surface area contributed by atoms with E-state index in [-0.39, 0.29) is 11.3 Å². The van der Waals surface area contributed by atoms with E-state index < -0.39 is 11.9 Å². The molecule has 4 heteroatoms. The molecule has 0 atom stereocenters. The first kappa shape index (κ1) is 12.7. The van der Waals surface area contributed by atoms with E-state index in [2.05, 4.69) is 4.74 Å². The Morgan fingerprint density at radius 2 is 1.82 bits per heavy atom. The lowest BCUT2D eigenvalue weighted by atomic mass is 10.2. The van der Waals surface area contributed by atoms with Crippen molar-refractivity contribution in [1.29, 1.82) is 0 Å². The summed E-state index contributed by atoms with van der Waals surface area (Å²) in [5.74, 6) is -1.44. The zero-order valence-corrected chi connectivity index (χ0v) is 9.29. The van der Waals surface area contributed by atoms with Gasteiger partial charge in [0.1, 0.15) is 5.75 Å². The van der Waals surface area contributed by atoms with Crippen molar-refractivity contribution < 1.29 is 19.4 Å². The predicted octanol–water partition coefficient (Wildman–Crippen LogP) is 2.21. The maximum Gasteiger partial charge on any atom is 0.346 e. The highest BCUT2D eigenvalue weighted by Gasteiger charge is 2.10. The van der Waals surface area contributed by atoms with Crippen LogP contribution in [0, 0.1) is 0 Å². The average molecular weight is 232 g/mol. The zero-order chi connectivity index (χ0) is 12.7. The maximum atomic E-state index is 11.4. The zero-order valence-electron chi connectivity index (χ0n) is 9.29. The van der Waals surface area contributed by atoms with Crippen LogP contribution in [0.2, 0.25) is 0 Å². The van der Waals surface area contributed by atoms with Crippen LogP contribution >= 0.6 is 0 Å². The number of hydrogen-bond donors (Lipinski definition) is 1. The molecule has 0 unspecified atom stereocenters. The number of rotatable bonds is 3. The fourth-order valence-corrected chi connectivity index (χ4v) is 1.03. The van der Waals surface area contributed by atoms with Gasteiger partial charge in [0, 0.05) is 6.08 Å². The minimum atomic E-state index is -0.750. The lowest BCUT2D eigenvalue weighted by Gasteiger charge is -1.99. The molecular weight excluding hydrogens is 220 g/mol. The number of carbonyl (C=O) groups excluding carboxylic acids is 2. The summed E-state index contributed by atoms with van der Waals surface area (Å²) < 4.78 is 4.54. The van der Waals surface area contributed by atoms with Gasteiger partial charge in [-0.1, -0.05) is 18.2 Å². The number of hydrogen-bond acceptors (Lipinski definition) is 4. The van der Waals surface area contributed by atoms with Crippen molar-refractivity contribution in [2.45, 2.75) is 6.92 Å². The van der Waals surface area contributed by atoms with Crippen LogP contribution in [0.5, 0.6) is 5.75 Å². The fourth-order valence-electron chi connectivity index (χ4n) is 1.03. The Bertz CT molecular complexity index is 455. The molecule has 1 aromatic rings. The molecule has 0 aliphatic carbocycles. The Labute approximate surface area is 98.8 Å². The van der Waals surface area contributed by atoms with E-state index in [1.54, 1.807) is 19.1 Å². The Kier molecular flexibility index (Phi) is 4.69. The molecule has 0 aliphatic rings. The Hall–Kier alpha value is -2.36. The van der Waals surface area contributed by atoms with Gasteiger partial charge in [0.2, 0.25) is 0 Å². The van der Waals surface area contributed by atoms with Crippen LogP contribution in [0.4, 0.5) is 0 Å². The highest BCUT2D eigenvalue weighted by Crippen LogP contribution is 2.10. The summed E-state index contributed by atoms with van der Waals surface area (Å²) in [5.41, 5.74) is 0.204. The van der Waals surface area contributed by atoms with E-state index >= 15 is 0 Å². The van der Waals surface area contributed by atoms with Gasteiger partial charge in [0.15, 0.2) is 0 Å². The Morgan fingerprint density at radius 3 is 2.41 bits per heavy atom. The van der Waals surface area contributed by atoms with Gasteiger partial charge in [-0.15, -0.1) is 0 Å². The summed E-state index contributed by atoms with van der Waals surface area (Å²) in [7, 11) is 0. The molecule has 0 bridgehead atoms. The third kappa shape index (κ3) is 4.34. The van der Waals surface area contributed by atoms with E-state index in [0.717, 1.165) is 6.08 Å². The molecule has 1 N–H and O–H groups in total. The van der Waals surface area contributed by atoms with Crippen LogP contribution in [0.3, 0.4) is 0 Å². The summed E-state index contributed by atoms with van der Waals surface area (Å²) in [6.07, 6.45) is 6.02. The highest BCUT2D eigenvalue weighted by atomic mass is 16.6. The molecule has 1 rings (SSSR count). The molecule has 0 heterocycles. The second-order valence-corrected chi connectivity index (χ2v) is 3.14. The second kappa shape index (κ2) is 6.27. The first-order valence-electron chi connectivity index (χ1n) is 4.98. The molecule has 0 radical (unpaired) electrons. The number of phenols is 1. The number of esters is 2. The molecule has 17 heavy (non-hydrogen) atoms. The highest BCUT2D eigenvalue weighted by molar-refractivity contribution is 6.00. The normalized spacial score (nSPS) is 10.9. The Morgan fingerprint density at radius 1 is 1.18 bits per heavy atom. The van der Waals surface area contributed by atoms with Crippen LogP contribution in [0.1, 0.15) is 17.3 Å². The second-order valence-electron chi connectivity index (χ2n) is 3.14. The van der Waals surface area contributed by atoms with Crippen molar-refractivity contribution in [3.63, 3.8) is 0 Å². The summed E-state index contributed by atoms with van der Waals surface area (Å²) in [6.45, 7) is 1.80. The summed E-state index contributed by atoms with van der Waals surface area (Å²) in [4.78, 5) is 22.6. The molecule has 0 spiro atoms. The van der Waals surface area contributed by atoms with Crippen molar-refractivity contribution in [3.8, 4) is 5.75 Å². The van der Waals surface area contributed by atoms with Crippen molar-refractivity contribution in [2.75, 3.05) is 0 Å². The smallest absolute Gasteiger partial charge is 0.346 e. The SMILES string of the molecule is C/C=C/C=C/C(=O)OC(=O)c1ccc(O)cc1. The minimum absolute atomic E-state index is 0.0425. The number of phenolic OH excluding ortho intramolecular Hbond substituents is 1. The van der Waals surface area contributed by atoms with Gasteiger partial charge in [0.05, 0.1) is 5.56 Å². The van der Waals surface area contributed by atoms with E-state index in [1.165, 1.54) is 30.3 Å². The Balaban J connectivity index is 2.60. The number of aromatic hydroxyl groups is 1. The number of benzene rings is 1. The van der Waals surface area contributed by atoms with Gasteiger partial charge >= 0.3 is 11.9 Å². The van der Waals surface area contributed by atoms with Gasteiger partial charge in [0.25, 0.3) is 0 Å². The monoisotopic (exact) mass is 232 g/mol. The van der Waals surface area contributed by atoms with Gasteiger partial charge < -0.3 is 9.84 Å². The molecule has 88 valence electrons. The first-order valence-corrected chi connectivity index (χ1v) is 4.98. The molecule has 0 saturated heterocycles. The standard InChI is InChI=1S/C13H12O4/c1-2-3-4-5-12(15)17-13(16)10-6-8-11(14)9-7-10/h2-9,14H,1H3/b3-2+,5-4+. The third-order valence-corrected chi connectivity index (χ3v) is 1.83. The molecule has 4 nitrogen and oxygen atoms in total. The number of carbonyl (C=O) groups is 2. The van der Waals surface area contributed by atoms with Crippen molar-refractivity contribution >= 4 is 11.9 Å². The summed E-state index contributed by atoms with van der Waals surface area (Å²) >= 11 is 0. The maximum absolute atomic E-state index is 11.4. The lowest BCUT2D eigenvalue weighted by molar-refractivity contribution is -0.132. The average Bonchev–Trinajstić information content (AvgIpc) is 2.30. The van der Waals surface area contributed by atoms with Crippen molar-refractivity contribution in [3.05, 3.63) is 54.1 Å². The number of allylic oxidation sites excluding steroid dienone is 3. The van der Waals surface area contributed by atoms with Crippen molar-refractivity contribution in [2.24, 2.45) is 0 Å². The van der Waals surface area contributed by atoms with E-state index in [1.807, 2.05) is 0 Å². The van der Waals surface area contributed by atoms with Crippen LogP contribution in [0.15, 0.2) is 48.6 Å². The van der Waals surface area contributed by atoms with Crippen LogP contribution < -0.4 is 0 Å². The summed E-state index contributed by atoms with van der Waals surface area (Å²) in [5, 5.41) is 9.03. The molecule has 1 aromatic carbocycles. The van der Waals surface area contributed by atoms with Crippen LogP contribution in [-0.2, 0) is 9.53 Å². The van der Waals surface area contributed by atoms with Gasteiger partial charge in [-0.05, 0) is 31.2 Å². The summed E-state index contributed by atoms with van der Waals surface area (Å²) in [6, 6.07) is 5.44. The quantitative estimate of drug-likeness (QED) is 0.375. The molecule has 0 amide bonds. The predicted molar refractivity (Wildman–Crippen MR) is 62.5 cm³/mol. The van der Waals surface area contributed by atoms with Gasteiger partial charge in [-0.25, -0.2) is 9.59 Å². The van der Waals surface area contributed by atoms with Gasteiger partial charge in [-0.3, -0.25) is 0 Å². The molecule has 0 aliphatic heterocycles. The lowest BCUT2D eigenvalue weighted by Crippen LogP contribution is -2.10. The van der Waals surface area contributed by atoms with Crippen molar-refractivity contribution in [1.82, 2.24) is 0 Å². The largest absolute Gasteiger partial charge is 0.508 e. The topological polar surface area (TPSA) is 63.6 Å². The molecule has 0 saturated carbocycles.